The molecule has 2 aromatic rings. The molecule has 20 heavy (non-hydrogen) atoms. The van der Waals surface area contributed by atoms with Gasteiger partial charge in [-0.1, -0.05) is 29.8 Å². The van der Waals surface area contributed by atoms with Crippen LogP contribution in [0.5, 0.6) is 0 Å². The van der Waals surface area contributed by atoms with Crippen molar-refractivity contribution in [3.63, 3.8) is 0 Å². The van der Waals surface area contributed by atoms with Gasteiger partial charge in [0, 0.05) is 38.6 Å². The molecule has 1 unspecified atom stereocenters. The normalized spacial score (nSPS) is 17.9. The van der Waals surface area contributed by atoms with Gasteiger partial charge in [0.1, 0.15) is 0 Å². The lowest BCUT2D eigenvalue weighted by Gasteiger charge is -2.35. The molecule has 3 nitrogen and oxygen atoms in total. The summed E-state index contributed by atoms with van der Waals surface area (Å²) in [7, 11) is 0. The molecular formula is C17H21N3. The number of piperazine rings is 1. The predicted molar refractivity (Wildman–Crippen MR) is 81.7 cm³/mol. The molecule has 1 aliphatic heterocycles. The molecule has 0 radical (unpaired) electrons. The summed E-state index contributed by atoms with van der Waals surface area (Å²) in [6.45, 7) is 6.45. The second-order valence-electron chi connectivity index (χ2n) is 5.38. The number of aromatic nitrogens is 1. The van der Waals surface area contributed by atoms with Gasteiger partial charge in [0.05, 0.1) is 6.04 Å². The zero-order valence-electron chi connectivity index (χ0n) is 11.9. The molecule has 0 spiro atoms. The molecule has 0 aliphatic carbocycles. The molecule has 1 fully saturated rings. The molecule has 3 rings (SSSR count). The summed E-state index contributed by atoms with van der Waals surface area (Å²) in [4.78, 5) is 6.71. The topological polar surface area (TPSA) is 28.2 Å². The fourth-order valence-corrected chi connectivity index (χ4v) is 2.94. The van der Waals surface area contributed by atoms with Gasteiger partial charge in [0.2, 0.25) is 0 Å². The van der Waals surface area contributed by atoms with Crippen LogP contribution in [0.4, 0.5) is 0 Å². The lowest BCUT2D eigenvalue weighted by molar-refractivity contribution is 0.198. The largest absolute Gasteiger partial charge is 0.314 e. The molecule has 0 amide bonds. The smallest absolute Gasteiger partial charge is 0.0603 e. The van der Waals surface area contributed by atoms with E-state index in [0.29, 0.717) is 6.04 Å². The van der Waals surface area contributed by atoms with Crippen LogP contribution < -0.4 is 5.32 Å². The van der Waals surface area contributed by atoms with Crippen LogP contribution in [0.15, 0.2) is 48.8 Å². The molecule has 1 atom stereocenters. The van der Waals surface area contributed by atoms with E-state index in [1.54, 1.807) is 0 Å². The molecular weight excluding hydrogens is 246 g/mol. The highest BCUT2D eigenvalue weighted by Gasteiger charge is 2.23. The van der Waals surface area contributed by atoms with E-state index in [4.69, 9.17) is 0 Å². The summed E-state index contributed by atoms with van der Waals surface area (Å²) in [5, 5.41) is 3.43. The Morgan fingerprint density at radius 1 is 1.05 bits per heavy atom. The summed E-state index contributed by atoms with van der Waals surface area (Å²) >= 11 is 0. The molecule has 1 aromatic heterocycles. The van der Waals surface area contributed by atoms with E-state index in [1.165, 1.54) is 16.7 Å². The van der Waals surface area contributed by atoms with E-state index in [9.17, 15) is 0 Å². The Morgan fingerprint density at radius 3 is 2.50 bits per heavy atom. The van der Waals surface area contributed by atoms with Crippen LogP contribution in [0.25, 0.3) is 0 Å². The van der Waals surface area contributed by atoms with Gasteiger partial charge in [-0.3, -0.25) is 9.88 Å². The minimum Gasteiger partial charge on any atom is -0.314 e. The Labute approximate surface area is 120 Å². The summed E-state index contributed by atoms with van der Waals surface area (Å²) in [5.41, 5.74) is 4.02. The fraction of sp³-hybridized carbons (Fsp3) is 0.353. The molecule has 0 saturated carbocycles. The van der Waals surface area contributed by atoms with E-state index in [1.807, 2.05) is 12.4 Å². The van der Waals surface area contributed by atoms with Gasteiger partial charge in [-0.25, -0.2) is 0 Å². The quantitative estimate of drug-likeness (QED) is 0.925. The number of benzene rings is 1. The summed E-state index contributed by atoms with van der Waals surface area (Å²) in [5.74, 6) is 0. The van der Waals surface area contributed by atoms with Crippen LogP contribution in [0.1, 0.15) is 22.7 Å². The second kappa shape index (κ2) is 6.16. The van der Waals surface area contributed by atoms with E-state index < -0.39 is 0 Å². The minimum absolute atomic E-state index is 0.333. The van der Waals surface area contributed by atoms with Gasteiger partial charge in [-0.2, -0.15) is 0 Å². The molecule has 1 aromatic carbocycles. The predicted octanol–water partition coefficient (Wildman–Crippen LogP) is 2.38. The zero-order chi connectivity index (χ0) is 13.8. The summed E-state index contributed by atoms with van der Waals surface area (Å²) < 4.78 is 0. The highest BCUT2D eigenvalue weighted by molar-refractivity contribution is 5.33. The summed E-state index contributed by atoms with van der Waals surface area (Å²) in [6.07, 6.45) is 3.78. The number of rotatable bonds is 3. The number of nitrogens with one attached hydrogen (secondary N) is 1. The van der Waals surface area contributed by atoms with Crippen molar-refractivity contribution >= 4 is 0 Å². The number of pyridine rings is 1. The lowest BCUT2D eigenvalue weighted by atomic mass is 9.96. The standard InChI is InChI=1S/C17H21N3/c1-14-3-2-4-16(13-14)17(15-5-7-18-8-6-15)20-11-9-19-10-12-20/h2-8,13,17,19H,9-12H2,1H3. The number of aryl methyl sites for hydroxylation is 1. The Hall–Kier alpha value is -1.71. The summed E-state index contributed by atoms with van der Waals surface area (Å²) in [6, 6.07) is 13.4. The highest BCUT2D eigenvalue weighted by Crippen LogP contribution is 2.28. The maximum absolute atomic E-state index is 4.15. The monoisotopic (exact) mass is 267 g/mol. The Kier molecular flexibility index (Phi) is 4.09. The fourth-order valence-electron chi connectivity index (χ4n) is 2.94. The van der Waals surface area contributed by atoms with Crippen molar-refractivity contribution < 1.29 is 0 Å². The van der Waals surface area contributed by atoms with Crippen LogP contribution >= 0.6 is 0 Å². The van der Waals surface area contributed by atoms with Crippen molar-refractivity contribution in [2.45, 2.75) is 13.0 Å². The van der Waals surface area contributed by atoms with Crippen molar-refractivity contribution in [2.75, 3.05) is 26.2 Å². The maximum atomic E-state index is 4.15. The Morgan fingerprint density at radius 2 is 1.80 bits per heavy atom. The first kappa shape index (κ1) is 13.3. The van der Waals surface area contributed by atoms with E-state index >= 15 is 0 Å². The third-order valence-corrected chi connectivity index (χ3v) is 3.90. The van der Waals surface area contributed by atoms with Gasteiger partial charge in [-0.05, 0) is 30.2 Å². The van der Waals surface area contributed by atoms with Crippen LogP contribution in [0.3, 0.4) is 0 Å². The minimum atomic E-state index is 0.333. The molecule has 2 heterocycles. The maximum Gasteiger partial charge on any atom is 0.0603 e. The third kappa shape index (κ3) is 2.89. The van der Waals surface area contributed by atoms with E-state index in [0.717, 1.165) is 26.2 Å². The first-order valence-corrected chi connectivity index (χ1v) is 7.26. The van der Waals surface area contributed by atoms with Crippen LogP contribution in [-0.2, 0) is 0 Å². The first-order chi connectivity index (χ1) is 9.84. The van der Waals surface area contributed by atoms with Crippen molar-refractivity contribution in [3.8, 4) is 0 Å². The Bertz CT molecular complexity index is 547. The van der Waals surface area contributed by atoms with Crippen LogP contribution in [-0.4, -0.2) is 36.1 Å². The SMILES string of the molecule is Cc1cccc(C(c2ccncc2)N2CCNCC2)c1. The Balaban J connectivity index is 1.98. The number of hydrogen-bond donors (Lipinski definition) is 1. The van der Waals surface area contributed by atoms with Crippen molar-refractivity contribution in [3.05, 3.63) is 65.5 Å². The van der Waals surface area contributed by atoms with Crippen molar-refractivity contribution in [1.29, 1.82) is 0 Å². The number of nitrogens with zero attached hydrogens (tertiary/aromatic N) is 2. The molecule has 1 N–H and O–H groups in total. The molecule has 1 saturated heterocycles. The molecule has 0 bridgehead atoms. The molecule has 3 heteroatoms. The van der Waals surface area contributed by atoms with Gasteiger partial charge in [0.25, 0.3) is 0 Å². The van der Waals surface area contributed by atoms with Crippen molar-refractivity contribution in [1.82, 2.24) is 15.2 Å². The highest BCUT2D eigenvalue weighted by atomic mass is 15.2. The number of hydrogen-bond acceptors (Lipinski definition) is 3. The average Bonchev–Trinajstić information content (AvgIpc) is 2.50. The second-order valence-corrected chi connectivity index (χ2v) is 5.38. The van der Waals surface area contributed by atoms with E-state index in [-0.39, 0.29) is 0 Å². The van der Waals surface area contributed by atoms with Gasteiger partial charge in [-0.15, -0.1) is 0 Å². The average molecular weight is 267 g/mol. The molecule has 104 valence electrons. The van der Waals surface area contributed by atoms with Gasteiger partial charge in [0.15, 0.2) is 0 Å². The van der Waals surface area contributed by atoms with E-state index in [2.05, 4.69) is 58.5 Å². The van der Waals surface area contributed by atoms with Gasteiger partial charge < -0.3 is 5.32 Å². The lowest BCUT2D eigenvalue weighted by Crippen LogP contribution is -2.45. The van der Waals surface area contributed by atoms with Crippen LogP contribution in [0, 0.1) is 6.92 Å². The third-order valence-electron chi connectivity index (χ3n) is 3.90. The molecule has 1 aliphatic rings. The van der Waals surface area contributed by atoms with Crippen LogP contribution in [0.2, 0.25) is 0 Å². The van der Waals surface area contributed by atoms with Gasteiger partial charge >= 0.3 is 0 Å². The van der Waals surface area contributed by atoms with Crippen molar-refractivity contribution in [2.24, 2.45) is 0 Å². The first-order valence-electron chi connectivity index (χ1n) is 7.26. The zero-order valence-corrected chi connectivity index (χ0v) is 11.9.